The van der Waals surface area contributed by atoms with Gasteiger partial charge in [0.25, 0.3) is 5.89 Å². The Balaban J connectivity index is 1.55. The van der Waals surface area contributed by atoms with Crippen LogP contribution >= 0.6 is 0 Å². The Morgan fingerprint density at radius 1 is 1.22 bits per heavy atom. The van der Waals surface area contributed by atoms with Crippen molar-refractivity contribution < 1.29 is 13.7 Å². The first-order valence-corrected chi connectivity index (χ1v) is 7.44. The van der Waals surface area contributed by atoms with Crippen molar-refractivity contribution >= 4 is 11.6 Å². The number of aromatic nitrogens is 2. The molecule has 1 aromatic carbocycles. The van der Waals surface area contributed by atoms with Gasteiger partial charge in [-0.2, -0.15) is 4.98 Å². The van der Waals surface area contributed by atoms with Gasteiger partial charge in [0.2, 0.25) is 5.91 Å². The van der Waals surface area contributed by atoms with Gasteiger partial charge in [-0.25, -0.2) is 0 Å². The molecule has 0 radical (unpaired) electrons. The molecule has 4 rings (SSSR count). The molecule has 23 heavy (non-hydrogen) atoms. The fourth-order valence-electron chi connectivity index (χ4n) is 2.76. The molecule has 116 valence electrons. The summed E-state index contributed by atoms with van der Waals surface area (Å²) in [5.74, 6) is 0.987. The third kappa shape index (κ3) is 2.52. The average molecular weight is 309 g/mol. The van der Waals surface area contributed by atoms with Gasteiger partial charge in [0.1, 0.15) is 6.26 Å². The van der Waals surface area contributed by atoms with Gasteiger partial charge in [0.05, 0.1) is 11.8 Å². The van der Waals surface area contributed by atoms with Crippen LogP contribution < -0.4 is 4.90 Å². The summed E-state index contributed by atoms with van der Waals surface area (Å²) >= 11 is 0. The summed E-state index contributed by atoms with van der Waals surface area (Å²) in [4.78, 5) is 18.5. The highest BCUT2D eigenvalue weighted by Crippen LogP contribution is 2.31. The summed E-state index contributed by atoms with van der Waals surface area (Å²) in [6.45, 7) is 2.58. The van der Waals surface area contributed by atoms with E-state index in [-0.39, 0.29) is 11.8 Å². The smallest absolute Gasteiger partial charge is 0.261 e. The highest BCUT2D eigenvalue weighted by Gasteiger charge is 2.34. The Morgan fingerprint density at radius 2 is 2.04 bits per heavy atom. The van der Waals surface area contributed by atoms with Crippen LogP contribution in [-0.2, 0) is 4.79 Å². The normalized spacial score (nSPS) is 17.9. The van der Waals surface area contributed by atoms with E-state index in [1.807, 2.05) is 31.2 Å². The Morgan fingerprint density at radius 3 is 2.78 bits per heavy atom. The Hall–Kier alpha value is -2.89. The van der Waals surface area contributed by atoms with Gasteiger partial charge in [-0.15, -0.1) is 0 Å². The van der Waals surface area contributed by atoms with Crippen LogP contribution in [0.1, 0.15) is 23.7 Å². The number of benzene rings is 1. The summed E-state index contributed by atoms with van der Waals surface area (Å²) in [7, 11) is 0. The number of hydrogen-bond donors (Lipinski definition) is 0. The maximum atomic E-state index is 12.3. The van der Waals surface area contributed by atoms with Crippen molar-refractivity contribution in [3.05, 3.63) is 54.2 Å². The number of aryl methyl sites for hydroxylation is 1. The number of carbonyl (C=O) groups excluding carboxylic acids is 1. The zero-order chi connectivity index (χ0) is 15.8. The first-order chi connectivity index (χ1) is 11.2. The summed E-state index contributed by atoms with van der Waals surface area (Å²) < 4.78 is 10.3. The molecule has 6 heteroatoms. The fourth-order valence-corrected chi connectivity index (χ4v) is 2.76. The first kappa shape index (κ1) is 13.8. The molecule has 1 aliphatic rings. The maximum absolute atomic E-state index is 12.3. The van der Waals surface area contributed by atoms with Crippen molar-refractivity contribution in [1.82, 2.24) is 10.1 Å². The van der Waals surface area contributed by atoms with Crippen LogP contribution in [0.4, 0.5) is 5.69 Å². The zero-order valence-electron chi connectivity index (χ0n) is 12.6. The lowest BCUT2D eigenvalue weighted by Gasteiger charge is -2.16. The molecule has 1 amide bonds. The molecule has 3 heterocycles. The van der Waals surface area contributed by atoms with Crippen molar-refractivity contribution in [3.8, 4) is 11.5 Å². The molecule has 3 aromatic rings. The van der Waals surface area contributed by atoms with Gasteiger partial charge < -0.3 is 13.8 Å². The molecule has 1 fully saturated rings. The second-order valence-corrected chi connectivity index (χ2v) is 5.71. The number of furan rings is 1. The van der Waals surface area contributed by atoms with Gasteiger partial charge in [-0.3, -0.25) is 4.79 Å². The molecule has 1 saturated heterocycles. The number of carbonyl (C=O) groups is 1. The molecular weight excluding hydrogens is 294 g/mol. The summed E-state index contributed by atoms with van der Waals surface area (Å²) in [5, 5.41) is 4.02. The van der Waals surface area contributed by atoms with Crippen molar-refractivity contribution in [2.24, 2.45) is 0 Å². The Bertz CT molecular complexity index is 821. The highest BCUT2D eigenvalue weighted by atomic mass is 16.5. The molecule has 1 atom stereocenters. The molecule has 0 bridgehead atoms. The minimum atomic E-state index is -0.0618. The van der Waals surface area contributed by atoms with E-state index in [2.05, 4.69) is 10.1 Å². The van der Waals surface area contributed by atoms with E-state index >= 15 is 0 Å². The largest absolute Gasteiger partial charge is 0.472 e. The van der Waals surface area contributed by atoms with Crippen LogP contribution in [0.25, 0.3) is 11.5 Å². The second-order valence-electron chi connectivity index (χ2n) is 5.71. The molecule has 0 saturated carbocycles. The van der Waals surface area contributed by atoms with E-state index in [9.17, 15) is 4.79 Å². The minimum Gasteiger partial charge on any atom is -0.472 e. The number of nitrogens with zero attached hydrogens (tertiary/aromatic N) is 3. The molecule has 0 aliphatic carbocycles. The average Bonchev–Trinajstić information content (AvgIpc) is 3.27. The topological polar surface area (TPSA) is 72.4 Å². The van der Waals surface area contributed by atoms with Crippen molar-refractivity contribution in [2.45, 2.75) is 19.3 Å². The number of amides is 1. The first-order valence-electron chi connectivity index (χ1n) is 7.44. The van der Waals surface area contributed by atoms with Crippen molar-refractivity contribution in [1.29, 1.82) is 0 Å². The third-order valence-electron chi connectivity index (χ3n) is 4.05. The summed E-state index contributed by atoms with van der Waals surface area (Å²) in [5.41, 5.74) is 2.81. The highest BCUT2D eigenvalue weighted by molar-refractivity contribution is 5.96. The summed E-state index contributed by atoms with van der Waals surface area (Å²) in [6.07, 6.45) is 3.49. The third-order valence-corrected chi connectivity index (χ3v) is 4.05. The van der Waals surface area contributed by atoms with Gasteiger partial charge in [0.15, 0.2) is 5.82 Å². The number of anilines is 1. The quantitative estimate of drug-likeness (QED) is 0.743. The minimum absolute atomic E-state index is 0.0618. The lowest BCUT2D eigenvalue weighted by atomic mass is 10.1. The Kier molecular flexibility index (Phi) is 3.22. The lowest BCUT2D eigenvalue weighted by molar-refractivity contribution is -0.117. The van der Waals surface area contributed by atoms with E-state index in [4.69, 9.17) is 8.94 Å². The van der Waals surface area contributed by atoms with Gasteiger partial charge in [0, 0.05) is 24.6 Å². The van der Waals surface area contributed by atoms with E-state index < -0.39 is 0 Å². The van der Waals surface area contributed by atoms with Crippen molar-refractivity contribution in [3.63, 3.8) is 0 Å². The van der Waals surface area contributed by atoms with Crippen molar-refractivity contribution in [2.75, 3.05) is 11.4 Å². The van der Waals surface area contributed by atoms with Gasteiger partial charge >= 0.3 is 0 Å². The predicted molar refractivity (Wildman–Crippen MR) is 82.9 cm³/mol. The molecule has 2 aromatic heterocycles. The van der Waals surface area contributed by atoms with Crippen LogP contribution in [-0.4, -0.2) is 22.6 Å². The van der Waals surface area contributed by atoms with E-state index in [1.54, 1.807) is 23.5 Å². The standard InChI is InChI=1S/C17H15N3O3/c1-11-2-4-14(5-3-11)20-9-13(8-15(20)21)16-18-17(23-19-16)12-6-7-22-10-12/h2-7,10,13H,8-9H2,1H3. The monoisotopic (exact) mass is 309 g/mol. The van der Waals surface area contributed by atoms with E-state index in [0.29, 0.717) is 24.7 Å². The molecule has 6 nitrogen and oxygen atoms in total. The predicted octanol–water partition coefficient (Wildman–Crippen LogP) is 3.16. The van der Waals surface area contributed by atoms with E-state index in [0.717, 1.165) is 11.3 Å². The summed E-state index contributed by atoms with van der Waals surface area (Å²) in [6, 6.07) is 9.68. The molecule has 1 aliphatic heterocycles. The number of hydrogen-bond acceptors (Lipinski definition) is 5. The van der Waals surface area contributed by atoms with Crippen LogP contribution in [0.15, 0.2) is 51.8 Å². The van der Waals surface area contributed by atoms with Crippen LogP contribution in [0.5, 0.6) is 0 Å². The fraction of sp³-hybridized carbons (Fsp3) is 0.235. The molecule has 0 spiro atoms. The maximum Gasteiger partial charge on any atom is 0.261 e. The Labute approximate surface area is 132 Å². The van der Waals surface area contributed by atoms with Crippen LogP contribution in [0.3, 0.4) is 0 Å². The number of rotatable bonds is 3. The molecule has 1 unspecified atom stereocenters. The molecule has 0 N–H and O–H groups in total. The SMILES string of the molecule is Cc1ccc(N2CC(c3noc(-c4ccoc4)n3)CC2=O)cc1. The van der Waals surface area contributed by atoms with Crippen LogP contribution in [0, 0.1) is 6.92 Å². The lowest BCUT2D eigenvalue weighted by Crippen LogP contribution is -2.24. The van der Waals surface area contributed by atoms with Gasteiger partial charge in [-0.1, -0.05) is 22.9 Å². The molecular formula is C17H15N3O3. The zero-order valence-corrected chi connectivity index (χ0v) is 12.6. The van der Waals surface area contributed by atoms with Gasteiger partial charge in [-0.05, 0) is 25.1 Å². The van der Waals surface area contributed by atoms with E-state index in [1.165, 1.54) is 5.56 Å². The van der Waals surface area contributed by atoms with Crippen LogP contribution in [0.2, 0.25) is 0 Å². The second kappa shape index (κ2) is 5.39.